The smallest absolute Gasteiger partial charge is 0.257 e. The SMILES string of the molecule is COc1ccccc1C1=NN(C(=O)CN2CCOCC2)[C@H](c2ccccc2Cl)C1. The van der Waals surface area contributed by atoms with Crippen molar-refractivity contribution in [1.29, 1.82) is 0 Å². The molecule has 0 aromatic heterocycles. The van der Waals surface area contributed by atoms with Gasteiger partial charge in [0.2, 0.25) is 0 Å². The zero-order valence-electron chi connectivity index (χ0n) is 16.4. The van der Waals surface area contributed by atoms with Crippen molar-refractivity contribution in [2.75, 3.05) is 40.0 Å². The summed E-state index contributed by atoms with van der Waals surface area (Å²) in [7, 11) is 1.64. The molecule has 7 heteroatoms. The van der Waals surface area contributed by atoms with Crippen molar-refractivity contribution in [3.05, 3.63) is 64.7 Å². The molecule has 0 unspecified atom stereocenters. The molecule has 0 radical (unpaired) electrons. The Hall–Kier alpha value is -2.41. The van der Waals surface area contributed by atoms with E-state index in [0.717, 1.165) is 35.7 Å². The summed E-state index contributed by atoms with van der Waals surface area (Å²) in [6.45, 7) is 3.11. The minimum atomic E-state index is -0.239. The van der Waals surface area contributed by atoms with Gasteiger partial charge in [-0.3, -0.25) is 9.69 Å². The first-order valence-electron chi connectivity index (χ1n) is 9.75. The number of benzene rings is 2. The third-order valence-corrected chi connectivity index (χ3v) is 5.65. The molecule has 0 spiro atoms. The van der Waals surface area contributed by atoms with Crippen molar-refractivity contribution in [2.24, 2.45) is 5.10 Å². The van der Waals surface area contributed by atoms with E-state index < -0.39 is 0 Å². The highest BCUT2D eigenvalue weighted by Crippen LogP contribution is 2.37. The van der Waals surface area contributed by atoms with Crippen LogP contribution in [0.2, 0.25) is 5.02 Å². The molecule has 0 aliphatic carbocycles. The van der Waals surface area contributed by atoms with Crippen LogP contribution in [0.1, 0.15) is 23.6 Å². The fourth-order valence-corrected chi connectivity index (χ4v) is 4.06. The Morgan fingerprint density at radius 3 is 2.66 bits per heavy atom. The highest BCUT2D eigenvalue weighted by molar-refractivity contribution is 6.31. The van der Waals surface area contributed by atoms with Gasteiger partial charge < -0.3 is 9.47 Å². The molecule has 2 aromatic rings. The van der Waals surface area contributed by atoms with Crippen LogP contribution in [0.5, 0.6) is 5.75 Å². The molecule has 0 N–H and O–H groups in total. The van der Waals surface area contributed by atoms with E-state index in [0.29, 0.717) is 31.2 Å². The Balaban J connectivity index is 1.65. The largest absolute Gasteiger partial charge is 0.496 e. The van der Waals surface area contributed by atoms with Gasteiger partial charge in [0, 0.05) is 30.1 Å². The summed E-state index contributed by atoms with van der Waals surface area (Å²) >= 11 is 6.48. The molecule has 6 nitrogen and oxygen atoms in total. The summed E-state index contributed by atoms with van der Waals surface area (Å²) < 4.78 is 10.9. The van der Waals surface area contributed by atoms with E-state index in [1.165, 1.54) is 0 Å². The zero-order valence-corrected chi connectivity index (χ0v) is 17.1. The molecule has 0 saturated carbocycles. The summed E-state index contributed by atoms with van der Waals surface area (Å²) in [5.74, 6) is 0.702. The first-order valence-corrected chi connectivity index (χ1v) is 10.1. The second kappa shape index (κ2) is 8.95. The minimum absolute atomic E-state index is 0.0401. The van der Waals surface area contributed by atoms with Crippen LogP contribution in [0, 0.1) is 0 Å². The molecule has 29 heavy (non-hydrogen) atoms. The maximum absolute atomic E-state index is 13.2. The average Bonchev–Trinajstić information content (AvgIpc) is 3.20. The Morgan fingerprint density at radius 1 is 1.17 bits per heavy atom. The molecule has 4 rings (SSSR count). The third-order valence-electron chi connectivity index (χ3n) is 5.31. The lowest BCUT2D eigenvalue weighted by atomic mass is 9.98. The first-order chi connectivity index (χ1) is 14.2. The van der Waals surface area contributed by atoms with Crippen LogP contribution in [0.15, 0.2) is 53.6 Å². The first kappa shape index (κ1) is 19.9. The number of hydrazone groups is 1. The number of methoxy groups -OCH3 is 1. The second-order valence-corrected chi connectivity index (χ2v) is 7.52. The van der Waals surface area contributed by atoms with E-state index in [1.807, 2.05) is 48.5 Å². The maximum atomic E-state index is 13.2. The number of halogens is 1. The van der Waals surface area contributed by atoms with Crippen molar-refractivity contribution >= 4 is 23.2 Å². The number of nitrogens with zero attached hydrogens (tertiary/aromatic N) is 3. The van der Waals surface area contributed by atoms with Gasteiger partial charge in [-0.25, -0.2) is 5.01 Å². The van der Waals surface area contributed by atoms with Gasteiger partial charge in [0.15, 0.2) is 0 Å². The molecular formula is C22H24ClN3O3. The predicted molar refractivity (Wildman–Crippen MR) is 112 cm³/mol. The molecule has 1 fully saturated rings. The van der Waals surface area contributed by atoms with Gasteiger partial charge in [-0.05, 0) is 23.8 Å². The van der Waals surface area contributed by atoms with Crippen molar-refractivity contribution < 1.29 is 14.3 Å². The van der Waals surface area contributed by atoms with Crippen LogP contribution < -0.4 is 4.74 Å². The average molecular weight is 414 g/mol. The van der Waals surface area contributed by atoms with Crippen LogP contribution in [0.4, 0.5) is 0 Å². The van der Waals surface area contributed by atoms with E-state index in [1.54, 1.807) is 12.1 Å². The highest BCUT2D eigenvalue weighted by Gasteiger charge is 2.35. The number of ether oxygens (including phenoxy) is 2. The summed E-state index contributed by atoms with van der Waals surface area (Å²) in [5, 5.41) is 6.97. The lowest BCUT2D eigenvalue weighted by molar-refractivity contribution is -0.135. The second-order valence-electron chi connectivity index (χ2n) is 7.12. The third kappa shape index (κ3) is 4.29. The molecular weight excluding hydrogens is 390 g/mol. The van der Waals surface area contributed by atoms with Crippen molar-refractivity contribution in [2.45, 2.75) is 12.5 Å². The van der Waals surface area contributed by atoms with Crippen molar-refractivity contribution in [1.82, 2.24) is 9.91 Å². The van der Waals surface area contributed by atoms with E-state index in [2.05, 4.69) is 4.90 Å². The maximum Gasteiger partial charge on any atom is 0.257 e. The van der Waals surface area contributed by atoms with Gasteiger partial charge in [0.1, 0.15) is 5.75 Å². The van der Waals surface area contributed by atoms with Gasteiger partial charge in [-0.1, -0.05) is 41.9 Å². The number of hydrogen-bond acceptors (Lipinski definition) is 5. The molecule has 2 aliphatic heterocycles. The zero-order chi connectivity index (χ0) is 20.2. The number of carbonyl (C=O) groups excluding carboxylic acids is 1. The van der Waals surface area contributed by atoms with Crippen LogP contribution in [-0.2, 0) is 9.53 Å². The van der Waals surface area contributed by atoms with E-state index in [-0.39, 0.29) is 11.9 Å². The van der Waals surface area contributed by atoms with Gasteiger partial charge >= 0.3 is 0 Å². The number of amides is 1. The topological polar surface area (TPSA) is 54.4 Å². The Bertz CT molecular complexity index is 912. The molecule has 2 aromatic carbocycles. The van der Waals surface area contributed by atoms with E-state index in [9.17, 15) is 4.79 Å². The van der Waals surface area contributed by atoms with Gasteiger partial charge in [0.05, 0.1) is 38.6 Å². The fourth-order valence-electron chi connectivity index (χ4n) is 3.80. The molecule has 1 saturated heterocycles. The molecule has 2 heterocycles. The lowest BCUT2D eigenvalue weighted by Crippen LogP contribution is -2.43. The van der Waals surface area contributed by atoms with Crippen LogP contribution in [0.3, 0.4) is 0 Å². The van der Waals surface area contributed by atoms with Gasteiger partial charge in [-0.15, -0.1) is 0 Å². The van der Waals surface area contributed by atoms with Crippen molar-refractivity contribution in [3.63, 3.8) is 0 Å². The summed E-state index contributed by atoms with van der Waals surface area (Å²) in [5.41, 5.74) is 2.62. The van der Waals surface area contributed by atoms with Gasteiger partial charge in [-0.2, -0.15) is 5.10 Å². The number of carbonyl (C=O) groups is 1. The van der Waals surface area contributed by atoms with Gasteiger partial charge in [0.25, 0.3) is 5.91 Å². The molecule has 1 amide bonds. The highest BCUT2D eigenvalue weighted by atomic mass is 35.5. The quantitative estimate of drug-likeness (QED) is 0.754. The standard InChI is InChI=1S/C22H24ClN3O3/c1-28-21-9-5-3-7-17(21)19-14-20(16-6-2-4-8-18(16)23)26(24-19)22(27)15-25-10-12-29-13-11-25/h2-9,20H,10-15H2,1H3/t20-/m0/s1. The molecule has 1 atom stereocenters. The lowest BCUT2D eigenvalue weighted by Gasteiger charge is -2.29. The van der Waals surface area contributed by atoms with Crippen molar-refractivity contribution in [3.8, 4) is 5.75 Å². The van der Waals surface area contributed by atoms with E-state index >= 15 is 0 Å². The fraction of sp³-hybridized carbons (Fsp3) is 0.364. The number of hydrogen-bond donors (Lipinski definition) is 0. The molecule has 2 aliphatic rings. The number of para-hydroxylation sites is 1. The van der Waals surface area contributed by atoms with Crippen LogP contribution in [0.25, 0.3) is 0 Å². The summed E-state index contributed by atoms with van der Waals surface area (Å²) in [6, 6.07) is 15.1. The minimum Gasteiger partial charge on any atom is -0.496 e. The Morgan fingerprint density at radius 2 is 1.90 bits per heavy atom. The molecule has 0 bridgehead atoms. The normalized spacial score (nSPS) is 19.9. The van der Waals surface area contributed by atoms with Crippen LogP contribution in [-0.4, -0.2) is 61.5 Å². The summed E-state index contributed by atoms with van der Waals surface area (Å²) in [6.07, 6.45) is 0.582. The number of rotatable bonds is 5. The monoisotopic (exact) mass is 413 g/mol. The molecule has 152 valence electrons. The van der Waals surface area contributed by atoms with Crippen LogP contribution >= 0.6 is 11.6 Å². The Kier molecular flexibility index (Phi) is 6.13. The Labute approximate surface area is 175 Å². The number of morpholine rings is 1. The van der Waals surface area contributed by atoms with E-state index in [4.69, 9.17) is 26.2 Å². The predicted octanol–water partition coefficient (Wildman–Crippen LogP) is 3.36. The summed E-state index contributed by atoms with van der Waals surface area (Å²) in [4.78, 5) is 15.3.